The maximum Gasteiger partial charge on any atom is 0.422 e. The summed E-state index contributed by atoms with van der Waals surface area (Å²) >= 11 is 0. The predicted octanol–water partition coefficient (Wildman–Crippen LogP) is 2.82. The molecule has 132 valence electrons. The predicted molar refractivity (Wildman–Crippen MR) is 66.9 cm³/mol. The fraction of sp³-hybridized carbons (Fsp3) is 0.182. The second-order valence-corrected chi connectivity index (χ2v) is 6.23. The molecule has 0 aliphatic rings. The Labute approximate surface area is 129 Å². The molecule has 1 aromatic carbocycles. The summed E-state index contributed by atoms with van der Waals surface area (Å²) in [6.07, 6.45) is -4.23. The number of benzene rings is 1. The monoisotopic (exact) mass is 377 g/mol. The molecule has 0 aliphatic heterocycles. The Morgan fingerprint density at radius 3 is 1.96 bits per heavy atom. The van der Waals surface area contributed by atoms with Gasteiger partial charge in [0.25, 0.3) is 0 Å². The Kier molecular flexibility index (Phi) is 4.24. The summed E-state index contributed by atoms with van der Waals surface area (Å²) in [5.74, 6) is -10.8. The van der Waals surface area contributed by atoms with Crippen LogP contribution in [-0.2, 0) is 16.2 Å². The molecular formula is C11H6F7N3O2S. The summed E-state index contributed by atoms with van der Waals surface area (Å²) in [4.78, 5) is 0. The highest BCUT2D eigenvalue weighted by molar-refractivity contribution is 7.92. The van der Waals surface area contributed by atoms with E-state index < -0.39 is 56.5 Å². The molecule has 0 bridgehead atoms. The van der Waals surface area contributed by atoms with Gasteiger partial charge in [-0.2, -0.15) is 18.3 Å². The van der Waals surface area contributed by atoms with E-state index in [1.165, 1.54) is 0 Å². The minimum absolute atomic E-state index is 0.0814. The van der Waals surface area contributed by atoms with Crippen LogP contribution in [0.5, 0.6) is 0 Å². The van der Waals surface area contributed by atoms with Crippen molar-refractivity contribution in [3.8, 4) is 5.69 Å². The zero-order valence-corrected chi connectivity index (χ0v) is 12.2. The average Bonchev–Trinajstić information content (AvgIpc) is 2.81. The molecule has 0 atom stereocenters. The van der Waals surface area contributed by atoms with Gasteiger partial charge in [-0.25, -0.2) is 30.7 Å². The highest BCUT2D eigenvalue weighted by atomic mass is 32.2. The first-order valence-corrected chi connectivity index (χ1v) is 7.69. The normalized spacial score (nSPS) is 12.5. The minimum atomic E-state index is -5.69. The Bertz CT molecular complexity index is 876. The van der Waals surface area contributed by atoms with Crippen molar-refractivity contribution in [3.05, 3.63) is 41.1 Å². The van der Waals surface area contributed by atoms with E-state index in [0.717, 1.165) is 12.3 Å². The third-order valence-electron chi connectivity index (χ3n) is 2.67. The van der Waals surface area contributed by atoms with E-state index >= 15 is 0 Å². The van der Waals surface area contributed by atoms with Crippen molar-refractivity contribution in [3.63, 3.8) is 0 Å². The first kappa shape index (κ1) is 18.0. The van der Waals surface area contributed by atoms with Crippen LogP contribution in [0.4, 0.5) is 36.6 Å². The van der Waals surface area contributed by atoms with Crippen molar-refractivity contribution in [2.45, 2.75) is 6.18 Å². The SMILES string of the molecule is CS(=O)(=O)Nc1ccnn1-c1c(F)c(F)c(C(F)(F)F)c(F)c1F. The highest BCUT2D eigenvalue weighted by Gasteiger charge is 2.43. The van der Waals surface area contributed by atoms with E-state index in [1.807, 2.05) is 0 Å². The summed E-state index contributed by atoms with van der Waals surface area (Å²) < 4.78 is 117. The average molecular weight is 377 g/mol. The van der Waals surface area contributed by atoms with Gasteiger partial charge >= 0.3 is 6.18 Å². The van der Waals surface area contributed by atoms with E-state index in [1.54, 1.807) is 4.72 Å². The number of anilines is 1. The summed E-state index contributed by atoms with van der Waals surface area (Å²) in [7, 11) is -3.98. The Hall–Kier alpha value is -2.31. The van der Waals surface area contributed by atoms with Crippen molar-refractivity contribution in [2.24, 2.45) is 0 Å². The lowest BCUT2D eigenvalue weighted by Gasteiger charge is -2.15. The Morgan fingerprint density at radius 1 is 1.04 bits per heavy atom. The van der Waals surface area contributed by atoms with Crippen LogP contribution in [0.25, 0.3) is 5.69 Å². The molecule has 0 saturated heterocycles. The molecule has 1 heterocycles. The van der Waals surface area contributed by atoms with Crippen molar-refractivity contribution in [1.29, 1.82) is 0 Å². The van der Waals surface area contributed by atoms with Crippen molar-refractivity contribution in [2.75, 3.05) is 11.0 Å². The molecule has 0 aliphatic carbocycles. The van der Waals surface area contributed by atoms with Gasteiger partial charge in [0.05, 0.1) is 12.5 Å². The van der Waals surface area contributed by atoms with Crippen molar-refractivity contribution < 1.29 is 39.2 Å². The summed E-state index contributed by atoms with van der Waals surface area (Å²) in [6.45, 7) is 0. The smallest absolute Gasteiger partial charge is 0.267 e. The molecule has 0 saturated carbocycles. The maximum atomic E-state index is 13.9. The molecule has 0 amide bonds. The second-order valence-electron chi connectivity index (χ2n) is 4.48. The van der Waals surface area contributed by atoms with Gasteiger partial charge in [-0.3, -0.25) is 4.72 Å². The molecule has 2 rings (SSSR count). The fourth-order valence-corrected chi connectivity index (χ4v) is 2.34. The Balaban J connectivity index is 2.78. The molecule has 2 aromatic rings. The molecule has 1 aromatic heterocycles. The van der Waals surface area contributed by atoms with Crippen LogP contribution in [0.1, 0.15) is 5.56 Å². The van der Waals surface area contributed by atoms with Gasteiger partial charge in [-0.05, 0) is 0 Å². The lowest BCUT2D eigenvalue weighted by Crippen LogP contribution is -2.20. The number of halogens is 7. The number of sulfonamides is 1. The van der Waals surface area contributed by atoms with Crippen LogP contribution in [0.15, 0.2) is 12.3 Å². The van der Waals surface area contributed by atoms with Gasteiger partial charge < -0.3 is 0 Å². The van der Waals surface area contributed by atoms with Crippen LogP contribution >= 0.6 is 0 Å². The number of hydrogen-bond acceptors (Lipinski definition) is 3. The highest BCUT2D eigenvalue weighted by Crippen LogP contribution is 2.38. The number of alkyl halides is 3. The van der Waals surface area contributed by atoms with Gasteiger partial charge in [0.1, 0.15) is 17.1 Å². The number of nitrogens with one attached hydrogen (secondary N) is 1. The van der Waals surface area contributed by atoms with Gasteiger partial charge in [0.2, 0.25) is 10.0 Å². The third-order valence-corrected chi connectivity index (χ3v) is 3.25. The molecule has 24 heavy (non-hydrogen) atoms. The molecular weight excluding hydrogens is 371 g/mol. The van der Waals surface area contributed by atoms with E-state index in [9.17, 15) is 39.2 Å². The fourth-order valence-electron chi connectivity index (χ4n) is 1.80. The van der Waals surface area contributed by atoms with Gasteiger partial charge in [-0.1, -0.05) is 0 Å². The topological polar surface area (TPSA) is 64.0 Å². The van der Waals surface area contributed by atoms with Crippen LogP contribution < -0.4 is 4.72 Å². The van der Waals surface area contributed by atoms with Crippen LogP contribution in [0.2, 0.25) is 0 Å². The number of hydrogen-bond donors (Lipinski definition) is 1. The van der Waals surface area contributed by atoms with Gasteiger partial charge in [0.15, 0.2) is 23.3 Å². The first-order chi connectivity index (χ1) is 10.8. The summed E-state index contributed by atoms with van der Waals surface area (Å²) in [6, 6.07) is 0.868. The molecule has 0 spiro atoms. The molecule has 0 radical (unpaired) electrons. The van der Waals surface area contributed by atoms with E-state index in [4.69, 9.17) is 0 Å². The van der Waals surface area contributed by atoms with Crippen LogP contribution in [0.3, 0.4) is 0 Å². The van der Waals surface area contributed by atoms with Crippen LogP contribution in [0, 0.1) is 23.3 Å². The number of rotatable bonds is 3. The zero-order chi connectivity index (χ0) is 18.4. The molecule has 13 heteroatoms. The number of aromatic nitrogens is 2. The van der Waals surface area contributed by atoms with E-state index in [0.29, 0.717) is 6.26 Å². The molecule has 1 N–H and O–H groups in total. The maximum absolute atomic E-state index is 13.9. The van der Waals surface area contributed by atoms with Crippen molar-refractivity contribution >= 4 is 15.8 Å². The second kappa shape index (κ2) is 5.65. The largest absolute Gasteiger partial charge is 0.422 e. The van der Waals surface area contributed by atoms with Gasteiger partial charge in [-0.15, -0.1) is 0 Å². The lowest BCUT2D eigenvalue weighted by molar-refractivity contribution is -0.143. The van der Waals surface area contributed by atoms with Crippen molar-refractivity contribution in [1.82, 2.24) is 9.78 Å². The Morgan fingerprint density at radius 2 is 1.54 bits per heavy atom. The minimum Gasteiger partial charge on any atom is -0.267 e. The quantitative estimate of drug-likeness (QED) is 0.661. The summed E-state index contributed by atoms with van der Waals surface area (Å²) in [5.41, 5.74) is -4.39. The number of nitrogens with zero attached hydrogens (tertiary/aromatic N) is 2. The first-order valence-electron chi connectivity index (χ1n) is 5.80. The lowest BCUT2D eigenvalue weighted by atomic mass is 10.1. The molecule has 5 nitrogen and oxygen atoms in total. The van der Waals surface area contributed by atoms with Crippen LogP contribution in [-0.4, -0.2) is 24.5 Å². The zero-order valence-electron chi connectivity index (χ0n) is 11.4. The van der Waals surface area contributed by atoms with E-state index in [-0.39, 0.29) is 4.68 Å². The third kappa shape index (κ3) is 3.16. The molecule has 0 fully saturated rings. The summed E-state index contributed by atoms with van der Waals surface area (Å²) in [5, 5.41) is 3.26. The standard InChI is InChI=1S/C11H6F7N3O2S/c1-24(22,23)20-4-2-3-19-21(4)10-8(14)6(12)5(11(16,17)18)7(13)9(10)15/h2-3,20H,1H3. The van der Waals surface area contributed by atoms with E-state index in [2.05, 4.69) is 5.10 Å². The molecule has 0 unspecified atom stereocenters. The van der Waals surface area contributed by atoms with Gasteiger partial charge in [0, 0.05) is 6.07 Å².